The average Bonchev–Trinajstić information content (AvgIpc) is 3.44. The molecule has 0 aromatic carbocycles. The lowest BCUT2D eigenvalue weighted by Gasteiger charge is -2.21. The lowest BCUT2D eigenvalue weighted by atomic mass is 10.1. The second kappa shape index (κ2) is 9.70. The Labute approximate surface area is 209 Å². The molecule has 4 aliphatic rings. The summed E-state index contributed by atoms with van der Waals surface area (Å²) in [5.41, 5.74) is 8.13. The fourth-order valence-electron chi connectivity index (χ4n) is 4.22. The second-order valence-corrected chi connectivity index (χ2v) is 11.4. The highest BCUT2D eigenvalue weighted by Crippen LogP contribution is 2.60. The number of rotatable bonds is 1. The van der Waals surface area contributed by atoms with Gasteiger partial charge in [-0.3, -0.25) is 23.6 Å². The number of aliphatic hydroxyl groups excluding tert-OH is 4. The van der Waals surface area contributed by atoms with E-state index < -0.39 is 89.4 Å². The first-order valence-electron chi connectivity index (χ1n) is 10.6. The standard InChI is InChI=1S/C15H20N8O13P2/c16-11-6-12-18-3-22(11)13-9(26)7(24)4(34-13)1-32-37(28,29)36-38(30,31)33-2-5-8(25)10(27)14(35-5)23(12)15(19-6)20-21-17/h3-5,7-10,13-14,16,24-27H,1-2H2,(H,28,29)(H,30,31). The van der Waals surface area contributed by atoms with Gasteiger partial charge in [0, 0.05) is 4.91 Å². The van der Waals surface area contributed by atoms with Crippen LogP contribution in [0.3, 0.4) is 0 Å². The molecule has 21 nitrogen and oxygen atoms in total. The number of aromatic nitrogens is 4. The van der Waals surface area contributed by atoms with E-state index in [-0.39, 0.29) is 11.2 Å². The van der Waals surface area contributed by atoms with Gasteiger partial charge in [-0.1, -0.05) is 0 Å². The summed E-state index contributed by atoms with van der Waals surface area (Å²) in [5.74, 6) is -0.450. The van der Waals surface area contributed by atoms with Crippen LogP contribution in [-0.2, 0) is 32.0 Å². The van der Waals surface area contributed by atoms with Crippen LogP contribution < -0.4 is 5.49 Å². The molecule has 10 atom stereocenters. The van der Waals surface area contributed by atoms with Gasteiger partial charge in [-0.15, -0.1) is 0 Å². The maximum Gasteiger partial charge on any atom is 0.481 e. The Kier molecular flexibility index (Phi) is 6.96. The van der Waals surface area contributed by atoms with E-state index in [1.807, 2.05) is 0 Å². The maximum absolute atomic E-state index is 12.2. The van der Waals surface area contributed by atoms with Crippen molar-refractivity contribution in [2.75, 3.05) is 13.2 Å². The first kappa shape index (κ1) is 27.3. The summed E-state index contributed by atoms with van der Waals surface area (Å²) >= 11 is 0. The summed E-state index contributed by atoms with van der Waals surface area (Å²) in [7, 11) is -10.7. The van der Waals surface area contributed by atoms with E-state index in [0.29, 0.717) is 0 Å². The molecule has 2 aromatic rings. The van der Waals surface area contributed by atoms with Crippen molar-refractivity contribution in [1.29, 1.82) is 5.41 Å². The summed E-state index contributed by atoms with van der Waals surface area (Å²) in [6.07, 6.45) is -12.0. The first-order chi connectivity index (χ1) is 17.8. The molecule has 0 aliphatic carbocycles. The molecule has 10 unspecified atom stereocenters. The molecule has 6 heterocycles. The molecule has 23 heteroatoms. The van der Waals surface area contributed by atoms with Crippen LogP contribution in [0.1, 0.15) is 12.5 Å². The van der Waals surface area contributed by atoms with Gasteiger partial charge in [-0.2, -0.15) is 4.31 Å². The van der Waals surface area contributed by atoms with E-state index in [2.05, 4.69) is 33.4 Å². The van der Waals surface area contributed by atoms with Crippen molar-refractivity contribution in [2.24, 2.45) is 5.11 Å². The minimum absolute atomic E-state index is 0.169. The first-order valence-corrected chi connectivity index (χ1v) is 13.6. The second-order valence-electron chi connectivity index (χ2n) is 8.35. The third-order valence-corrected chi connectivity index (χ3v) is 8.60. The molecule has 38 heavy (non-hydrogen) atoms. The van der Waals surface area contributed by atoms with E-state index >= 15 is 0 Å². The molecular weight excluding hydrogens is 562 g/mol. The molecule has 0 saturated carbocycles. The van der Waals surface area contributed by atoms with E-state index in [9.17, 15) is 39.3 Å². The number of hydrogen-bond donors (Lipinski definition) is 7. The number of nitrogens with one attached hydrogen (secondary N) is 1. The normalized spacial score (nSPS) is 41.7. The molecule has 0 radical (unpaired) electrons. The van der Waals surface area contributed by atoms with E-state index in [0.717, 1.165) is 15.5 Å². The molecule has 2 saturated heterocycles. The zero-order chi connectivity index (χ0) is 27.6. The predicted octanol–water partition coefficient (Wildman–Crippen LogP) is -1.84. The van der Waals surface area contributed by atoms with Crippen LogP contribution in [-0.4, -0.2) is 99.2 Å². The highest BCUT2D eigenvalue weighted by Gasteiger charge is 2.49. The highest BCUT2D eigenvalue weighted by atomic mass is 31.3. The number of nitrogens with zero attached hydrogens (tertiary/aromatic N) is 7. The number of hydrogen-bond acceptors (Lipinski definition) is 15. The van der Waals surface area contributed by atoms with E-state index in [4.69, 9.17) is 20.4 Å². The predicted molar refractivity (Wildman–Crippen MR) is 115 cm³/mol. The molecule has 4 aliphatic heterocycles. The van der Waals surface area contributed by atoms with Gasteiger partial charge in [0.1, 0.15) is 43.0 Å². The third kappa shape index (κ3) is 4.68. The van der Waals surface area contributed by atoms with Crippen LogP contribution in [0.25, 0.3) is 21.6 Å². The van der Waals surface area contributed by atoms with Gasteiger partial charge in [0.25, 0.3) is 0 Å². The van der Waals surface area contributed by atoms with Crippen molar-refractivity contribution in [3.8, 4) is 0 Å². The largest absolute Gasteiger partial charge is 0.481 e. The van der Waals surface area contributed by atoms with Gasteiger partial charge in [0.2, 0.25) is 5.95 Å². The molecule has 2 fully saturated rings. The van der Waals surface area contributed by atoms with Gasteiger partial charge in [0.15, 0.2) is 29.1 Å². The van der Waals surface area contributed by atoms with Crippen molar-refractivity contribution in [1.82, 2.24) is 19.1 Å². The molecule has 0 spiro atoms. The molecular formula is C15H20N8O13P2. The Bertz CT molecular complexity index is 1460. The van der Waals surface area contributed by atoms with E-state index in [1.165, 1.54) is 0 Å². The molecule has 6 rings (SSSR count). The molecule has 2 aromatic heterocycles. The Balaban J connectivity index is 1.65. The molecule has 8 bridgehead atoms. The number of aliphatic hydroxyl groups is 4. The van der Waals surface area contributed by atoms with Crippen molar-refractivity contribution in [3.05, 3.63) is 22.3 Å². The van der Waals surface area contributed by atoms with Crippen molar-refractivity contribution < 1.29 is 62.2 Å². The van der Waals surface area contributed by atoms with Crippen LogP contribution in [0, 0.1) is 5.41 Å². The molecule has 208 valence electrons. The number of ether oxygens (including phenoxy) is 2. The van der Waals surface area contributed by atoms with E-state index in [1.54, 1.807) is 0 Å². The van der Waals surface area contributed by atoms with Gasteiger partial charge >= 0.3 is 15.6 Å². The Morgan fingerprint density at radius 1 is 1.00 bits per heavy atom. The zero-order valence-corrected chi connectivity index (χ0v) is 20.5. The topological polar surface area (TPSA) is 310 Å². The lowest BCUT2D eigenvalue weighted by Crippen LogP contribution is -2.36. The number of phosphoric acid groups is 2. The fraction of sp³-hybridized carbons (Fsp3) is 0.667. The number of azide groups is 1. The van der Waals surface area contributed by atoms with Gasteiger partial charge < -0.3 is 39.7 Å². The van der Waals surface area contributed by atoms with Crippen molar-refractivity contribution in [3.63, 3.8) is 0 Å². The Morgan fingerprint density at radius 3 is 2.13 bits per heavy atom. The number of fused-ring (bicyclic) bond motifs is 7. The van der Waals surface area contributed by atoms with Gasteiger partial charge in [-0.25, -0.2) is 19.1 Å². The van der Waals surface area contributed by atoms with Crippen LogP contribution in [0.5, 0.6) is 0 Å². The molecule has 0 amide bonds. The quantitative estimate of drug-likeness (QED) is 0.0840. The number of imidazole rings is 1. The van der Waals surface area contributed by atoms with Crippen molar-refractivity contribution in [2.45, 2.75) is 49.1 Å². The zero-order valence-electron chi connectivity index (χ0n) is 18.7. The minimum atomic E-state index is -5.34. The maximum atomic E-state index is 12.2. The summed E-state index contributed by atoms with van der Waals surface area (Å²) < 4.78 is 50.9. The molecule has 7 N–H and O–H groups in total. The number of phosphoric ester groups is 2. The Hall–Kier alpha value is -2.32. The third-order valence-electron chi connectivity index (χ3n) is 6.00. The summed E-state index contributed by atoms with van der Waals surface area (Å²) in [4.78, 5) is 30.6. The van der Waals surface area contributed by atoms with Gasteiger partial charge in [0.05, 0.1) is 13.2 Å². The Morgan fingerprint density at radius 2 is 1.55 bits per heavy atom. The van der Waals surface area contributed by atoms with Crippen LogP contribution in [0.4, 0.5) is 5.95 Å². The summed E-state index contributed by atoms with van der Waals surface area (Å²) in [6.45, 7) is -1.86. The smallest absolute Gasteiger partial charge is 0.387 e. The van der Waals surface area contributed by atoms with Crippen molar-refractivity contribution >= 4 is 32.8 Å². The minimum Gasteiger partial charge on any atom is -0.387 e. The van der Waals surface area contributed by atoms with Gasteiger partial charge in [-0.05, 0) is 10.6 Å². The monoisotopic (exact) mass is 582 g/mol. The summed E-state index contributed by atoms with van der Waals surface area (Å²) in [6, 6.07) is 0. The fourth-order valence-corrected chi connectivity index (χ4v) is 6.31. The van der Waals surface area contributed by atoms with Crippen LogP contribution >= 0.6 is 15.6 Å². The highest BCUT2D eigenvalue weighted by molar-refractivity contribution is 7.61. The van der Waals surface area contributed by atoms with Crippen LogP contribution in [0.2, 0.25) is 0 Å². The van der Waals surface area contributed by atoms with Crippen LogP contribution in [0.15, 0.2) is 11.4 Å². The lowest BCUT2D eigenvalue weighted by molar-refractivity contribution is -0.0563. The summed E-state index contributed by atoms with van der Waals surface area (Å²) in [5, 5.41) is 53.9. The SMILES string of the molecule is [N-]=[N+]=Nc1nc2c(=N)n3cnc2n1C1OC(COP(=O)(O)OP(=O)(O)OCC2OC3C(O)C2O)C(O)C1O. The average molecular weight is 582 g/mol.